The van der Waals surface area contributed by atoms with Crippen LogP contribution in [0.15, 0.2) is 0 Å². The van der Waals surface area contributed by atoms with Gasteiger partial charge in [-0.1, -0.05) is 0 Å². The highest BCUT2D eigenvalue weighted by molar-refractivity contribution is 5.87. The molecular weight excluding hydrogens is 184 g/mol. The molecule has 0 saturated heterocycles. The molecule has 6 heteroatoms. The molecule has 2 amide bonds. The van der Waals surface area contributed by atoms with Crippen LogP contribution in [-0.4, -0.2) is 49.9 Å². The van der Waals surface area contributed by atoms with E-state index in [0.717, 1.165) is 6.54 Å². The third-order valence-corrected chi connectivity index (χ3v) is 1.62. The minimum absolute atomic E-state index is 0.117. The quantitative estimate of drug-likeness (QED) is 0.458. The van der Waals surface area contributed by atoms with Crippen molar-refractivity contribution >= 4 is 11.8 Å². The maximum Gasteiger partial charge on any atom is 0.237 e. The van der Waals surface area contributed by atoms with Gasteiger partial charge in [0.2, 0.25) is 11.8 Å². The summed E-state index contributed by atoms with van der Waals surface area (Å²) in [4.78, 5) is 23.6. The van der Waals surface area contributed by atoms with E-state index in [4.69, 9.17) is 11.5 Å². The smallest absolute Gasteiger partial charge is 0.237 e. The molecule has 0 aliphatic rings. The largest absolute Gasteiger partial charge is 0.370 e. The van der Waals surface area contributed by atoms with Crippen LogP contribution in [0.1, 0.15) is 6.42 Å². The van der Waals surface area contributed by atoms with Gasteiger partial charge in [-0.2, -0.15) is 0 Å². The summed E-state index contributed by atoms with van der Waals surface area (Å²) in [5.74, 6) is -0.911. The molecule has 0 aromatic rings. The standard InChI is InChI=1S/C8H18N4O2/c1-12(2)4-3-11-8(14)6(9)5-7(10)13/h6H,3-5,9H2,1-2H3,(H2,10,13)(H,11,14). The summed E-state index contributed by atoms with van der Waals surface area (Å²) in [5, 5.41) is 2.61. The first-order valence-corrected chi connectivity index (χ1v) is 4.39. The van der Waals surface area contributed by atoms with Crippen LogP contribution in [0.4, 0.5) is 0 Å². The number of primary amides is 1. The molecule has 14 heavy (non-hydrogen) atoms. The van der Waals surface area contributed by atoms with Crippen LogP contribution in [0.25, 0.3) is 0 Å². The Labute approximate surface area is 83.6 Å². The highest BCUT2D eigenvalue weighted by Gasteiger charge is 2.14. The number of amides is 2. The SMILES string of the molecule is CN(C)CCNC(=O)C(N)CC(N)=O. The Bertz CT molecular complexity index is 206. The molecule has 0 aromatic heterocycles. The number of rotatable bonds is 6. The van der Waals surface area contributed by atoms with E-state index in [1.807, 2.05) is 19.0 Å². The second-order valence-corrected chi connectivity index (χ2v) is 3.37. The van der Waals surface area contributed by atoms with Crippen molar-refractivity contribution in [2.75, 3.05) is 27.2 Å². The molecule has 1 unspecified atom stereocenters. The maximum atomic E-state index is 11.2. The molecule has 6 nitrogen and oxygen atoms in total. The zero-order valence-electron chi connectivity index (χ0n) is 8.62. The zero-order valence-corrected chi connectivity index (χ0v) is 8.62. The Kier molecular flexibility index (Phi) is 5.82. The maximum absolute atomic E-state index is 11.2. The van der Waals surface area contributed by atoms with Gasteiger partial charge in [-0.25, -0.2) is 0 Å². The highest BCUT2D eigenvalue weighted by Crippen LogP contribution is 1.86. The average Bonchev–Trinajstić information content (AvgIpc) is 2.01. The summed E-state index contributed by atoms with van der Waals surface area (Å²) >= 11 is 0. The molecule has 0 aliphatic carbocycles. The number of nitrogens with two attached hydrogens (primary N) is 2. The van der Waals surface area contributed by atoms with E-state index >= 15 is 0 Å². The van der Waals surface area contributed by atoms with Crippen LogP contribution >= 0.6 is 0 Å². The summed E-state index contributed by atoms with van der Waals surface area (Å²) in [7, 11) is 3.80. The summed E-state index contributed by atoms with van der Waals surface area (Å²) in [5.41, 5.74) is 10.3. The molecule has 5 N–H and O–H groups in total. The van der Waals surface area contributed by atoms with Gasteiger partial charge in [-0.3, -0.25) is 9.59 Å². The number of hydrogen-bond donors (Lipinski definition) is 3. The van der Waals surface area contributed by atoms with Crippen molar-refractivity contribution in [3.8, 4) is 0 Å². The van der Waals surface area contributed by atoms with Crippen LogP contribution < -0.4 is 16.8 Å². The molecule has 0 heterocycles. The van der Waals surface area contributed by atoms with Gasteiger partial charge in [-0.15, -0.1) is 0 Å². The number of nitrogens with zero attached hydrogens (tertiary/aromatic N) is 1. The zero-order chi connectivity index (χ0) is 11.1. The van der Waals surface area contributed by atoms with Crippen molar-refractivity contribution in [1.29, 1.82) is 0 Å². The molecule has 0 aromatic carbocycles. The summed E-state index contributed by atoms with van der Waals surface area (Å²) in [6, 6.07) is -0.838. The normalized spacial score (nSPS) is 12.6. The number of carbonyl (C=O) groups is 2. The molecule has 0 radical (unpaired) electrons. The van der Waals surface area contributed by atoms with Gasteiger partial charge >= 0.3 is 0 Å². The van der Waals surface area contributed by atoms with Gasteiger partial charge in [0, 0.05) is 13.1 Å². The number of hydrogen-bond acceptors (Lipinski definition) is 4. The molecule has 0 saturated carbocycles. The molecule has 0 aliphatic heterocycles. The Hall–Kier alpha value is -1.14. The van der Waals surface area contributed by atoms with E-state index < -0.39 is 11.9 Å². The third kappa shape index (κ3) is 6.38. The van der Waals surface area contributed by atoms with Crippen molar-refractivity contribution in [3.05, 3.63) is 0 Å². The van der Waals surface area contributed by atoms with Crippen LogP contribution in [0.2, 0.25) is 0 Å². The molecular formula is C8H18N4O2. The fourth-order valence-corrected chi connectivity index (χ4v) is 0.843. The fraction of sp³-hybridized carbons (Fsp3) is 0.750. The lowest BCUT2D eigenvalue weighted by molar-refractivity contribution is -0.126. The van der Waals surface area contributed by atoms with Crippen LogP contribution in [0.5, 0.6) is 0 Å². The average molecular weight is 202 g/mol. The van der Waals surface area contributed by atoms with Crippen molar-refractivity contribution in [1.82, 2.24) is 10.2 Å². The van der Waals surface area contributed by atoms with E-state index in [-0.39, 0.29) is 12.3 Å². The first-order chi connectivity index (χ1) is 6.43. The Morgan fingerprint density at radius 3 is 2.43 bits per heavy atom. The number of nitrogens with one attached hydrogen (secondary N) is 1. The van der Waals surface area contributed by atoms with Crippen LogP contribution in [0.3, 0.4) is 0 Å². The lowest BCUT2D eigenvalue weighted by atomic mass is 10.2. The van der Waals surface area contributed by atoms with Crippen LogP contribution in [0, 0.1) is 0 Å². The molecule has 0 rings (SSSR count). The van der Waals surface area contributed by atoms with Gasteiger partial charge in [0.15, 0.2) is 0 Å². The first kappa shape index (κ1) is 12.9. The second kappa shape index (κ2) is 6.33. The van der Waals surface area contributed by atoms with Gasteiger partial charge in [0.1, 0.15) is 0 Å². The van der Waals surface area contributed by atoms with E-state index in [1.54, 1.807) is 0 Å². The molecule has 0 bridgehead atoms. The Morgan fingerprint density at radius 1 is 1.43 bits per heavy atom. The van der Waals surface area contributed by atoms with Gasteiger partial charge < -0.3 is 21.7 Å². The van der Waals surface area contributed by atoms with E-state index in [0.29, 0.717) is 6.54 Å². The Balaban J connectivity index is 3.67. The van der Waals surface area contributed by atoms with Crippen LogP contribution in [-0.2, 0) is 9.59 Å². The molecule has 82 valence electrons. The van der Waals surface area contributed by atoms with E-state index in [1.165, 1.54) is 0 Å². The Morgan fingerprint density at radius 2 is 2.00 bits per heavy atom. The van der Waals surface area contributed by atoms with Crippen molar-refractivity contribution in [2.45, 2.75) is 12.5 Å². The lowest BCUT2D eigenvalue weighted by Crippen LogP contribution is -2.44. The molecule has 1 atom stereocenters. The fourth-order valence-electron chi connectivity index (χ4n) is 0.843. The number of likely N-dealkylation sites (N-methyl/N-ethyl adjacent to an activating group) is 1. The molecule has 0 spiro atoms. The van der Waals surface area contributed by atoms with E-state index in [2.05, 4.69) is 5.32 Å². The predicted molar refractivity (Wildman–Crippen MR) is 53.4 cm³/mol. The van der Waals surface area contributed by atoms with Gasteiger partial charge in [0.25, 0.3) is 0 Å². The van der Waals surface area contributed by atoms with Crippen molar-refractivity contribution in [3.63, 3.8) is 0 Å². The van der Waals surface area contributed by atoms with E-state index in [9.17, 15) is 9.59 Å². The second-order valence-electron chi connectivity index (χ2n) is 3.37. The van der Waals surface area contributed by atoms with Gasteiger partial charge in [-0.05, 0) is 14.1 Å². The lowest BCUT2D eigenvalue weighted by Gasteiger charge is -2.13. The summed E-state index contributed by atoms with van der Waals surface area (Å²) < 4.78 is 0. The van der Waals surface area contributed by atoms with Crippen molar-refractivity contribution < 1.29 is 9.59 Å². The number of carbonyl (C=O) groups excluding carboxylic acids is 2. The minimum atomic E-state index is -0.838. The third-order valence-electron chi connectivity index (χ3n) is 1.62. The highest BCUT2D eigenvalue weighted by atomic mass is 16.2. The monoisotopic (exact) mass is 202 g/mol. The first-order valence-electron chi connectivity index (χ1n) is 4.39. The van der Waals surface area contributed by atoms with Crippen molar-refractivity contribution in [2.24, 2.45) is 11.5 Å². The van der Waals surface area contributed by atoms with Gasteiger partial charge in [0.05, 0.1) is 12.5 Å². The summed E-state index contributed by atoms with van der Waals surface area (Å²) in [6.45, 7) is 1.24. The minimum Gasteiger partial charge on any atom is -0.370 e. The predicted octanol–water partition coefficient (Wildman–Crippen LogP) is -2.13. The summed E-state index contributed by atoms with van der Waals surface area (Å²) in [6.07, 6.45) is -0.117. The molecule has 0 fully saturated rings. The topological polar surface area (TPSA) is 101 Å².